The molecule has 10 heteroatoms. The van der Waals surface area contributed by atoms with Crippen molar-refractivity contribution in [3.63, 3.8) is 0 Å². The van der Waals surface area contributed by atoms with Crippen LogP contribution in [0.15, 0.2) is 60.7 Å². The average Bonchev–Trinajstić information content (AvgIpc) is 2.93. The third-order valence-electron chi connectivity index (χ3n) is 6.24. The van der Waals surface area contributed by atoms with Crippen molar-refractivity contribution in [2.45, 2.75) is 97.2 Å². The van der Waals surface area contributed by atoms with Crippen LogP contribution in [0.2, 0.25) is 0 Å². The van der Waals surface area contributed by atoms with Crippen LogP contribution in [0.5, 0.6) is 0 Å². The van der Waals surface area contributed by atoms with Gasteiger partial charge < -0.3 is 30.5 Å². The van der Waals surface area contributed by atoms with E-state index in [4.69, 9.17) is 9.47 Å². The predicted molar refractivity (Wildman–Crippen MR) is 159 cm³/mol. The van der Waals surface area contributed by atoms with E-state index in [1.54, 1.807) is 27.7 Å². The maximum atomic E-state index is 13.4. The zero-order valence-electron chi connectivity index (χ0n) is 25.4. The SMILES string of the molecule is CCC(NC(=O)[C@@H](Cc1ccccc1)NC(=O)OCc1ccccc1)C(O)C(=O)N[C@H](CC(C)C)C(=O)OC(C)(C)C. The Bertz CT molecular complexity index is 1150. The molecule has 4 N–H and O–H groups in total. The van der Waals surface area contributed by atoms with Crippen LogP contribution in [-0.2, 0) is 36.9 Å². The van der Waals surface area contributed by atoms with E-state index < -0.39 is 53.7 Å². The summed E-state index contributed by atoms with van der Waals surface area (Å²) in [5.41, 5.74) is 0.832. The fourth-order valence-corrected chi connectivity index (χ4v) is 4.15. The first-order valence-electron chi connectivity index (χ1n) is 14.3. The standard InChI is InChI=1S/C32H45N3O7/c1-7-24(27(36)29(38)34-26(18-21(2)3)30(39)42-32(4,5)6)33-28(37)25(19-22-14-10-8-11-15-22)35-31(40)41-20-23-16-12-9-13-17-23/h8-17,21,24-27,36H,7,18-20H2,1-6H3,(H,33,37)(H,34,38)(H,35,40)/t24?,25-,26-,27?/m1/s1. The quantitative estimate of drug-likeness (QED) is 0.249. The molecule has 2 aromatic rings. The molecule has 0 fully saturated rings. The fourth-order valence-electron chi connectivity index (χ4n) is 4.15. The van der Waals surface area contributed by atoms with Gasteiger partial charge in [-0.1, -0.05) is 81.4 Å². The summed E-state index contributed by atoms with van der Waals surface area (Å²) in [5.74, 6) is -1.95. The summed E-state index contributed by atoms with van der Waals surface area (Å²) in [6, 6.07) is 15.3. The molecule has 0 heterocycles. The molecule has 2 aromatic carbocycles. The molecular formula is C32H45N3O7. The minimum atomic E-state index is -1.65. The number of nitrogens with one attached hydrogen (secondary N) is 3. The molecule has 0 spiro atoms. The van der Waals surface area contributed by atoms with Crippen molar-refractivity contribution in [1.82, 2.24) is 16.0 Å². The largest absolute Gasteiger partial charge is 0.458 e. The number of carbonyl (C=O) groups is 4. The number of aliphatic hydroxyl groups is 1. The van der Waals surface area contributed by atoms with Gasteiger partial charge in [-0.15, -0.1) is 0 Å². The molecule has 0 radical (unpaired) electrons. The minimum Gasteiger partial charge on any atom is -0.458 e. The number of ether oxygens (including phenoxy) is 2. The van der Waals surface area contributed by atoms with Crippen LogP contribution in [0.25, 0.3) is 0 Å². The minimum absolute atomic E-state index is 0.0258. The molecule has 230 valence electrons. The summed E-state index contributed by atoms with van der Waals surface area (Å²) in [6.07, 6.45) is -1.77. The summed E-state index contributed by atoms with van der Waals surface area (Å²) in [5, 5.41) is 18.8. The molecule has 0 saturated carbocycles. The second-order valence-electron chi connectivity index (χ2n) is 11.6. The summed E-state index contributed by atoms with van der Waals surface area (Å²) in [6.45, 7) is 10.7. The number of hydrogen-bond donors (Lipinski definition) is 4. The maximum absolute atomic E-state index is 13.4. The Kier molecular flexibility index (Phi) is 13.5. The maximum Gasteiger partial charge on any atom is 0.408 e. The molecule has 0 aliphatic rings. The molecule has 10 nitrogen and oxygen atoms in total. The zero-order chi connectivity index (χ0) is 31.3. The smallest absolute Gasteiger partial charge is 0.408 e. The van der Waals surface area contributed by atoms with E-state index in [0.29, 0.717) is 6.42 Å². The lowest BCUT2D eigenvalue weighted by Crippen LogP contribution is -2.57. The molecule has 0 aliphatic carbocycles. The van der Waals surface area contributed by atoms with Crippen LogP contribution in [0.1, 0.15) is 65.5 Å². The van der Waals surface area contributed by atoms with Crippen LogP contribution in [0, 0.1) is 5.92 Å². The van der Waals surface area contributed by atoms with Gasteiger partial charge in [0.2, 0.25) is 5.91 Å². The van der Waals surface area contributed by atoms with Gasteiger partial charge in [-0.2, -0.15) is 0 Å². The summed E-state index contributed by atoms with van der Waals surface area (Å²) >= 11 is 0. The van der Waals surface area contributed by atoms with Crippen molar-refractivity contribution in [2.75, 3.05) is 0 Å². The van der Waals surface area contributed by atoms with Gasteiger partial charge in [-0.05, 0) is 50.7 Å². The number of aliphatic hydroxyl groups excluding tert-OH is 1. The lowest BCUT2D eigenvalue weighted by molar-refractivity contribution is -0.160. The Morgan fingerprint density at radius 1 is 0.810 bits per heavy atom. The highest BCUT2D eigenvalue weighted by Crippen LogP contribution is 2.14. The van der Waals surface area contributed by atoms with Crippen LogP contribution in [0.3, 0.4) is 0 Å². The highest BCUT2D eigenvalue weighted by atomic mass is 16.6. The van der Waals surface area contributed by atoms with E-state index in [1.807, 2.05) is 74.5 Å². The Labute approximate surface area is 248 Å². The number of hydrogen-bond acceptors (Lipinski definition) is 7. The number of alkyl carbamates (subject to hydrolysis) is 1. The van der Waals surface area contributed by atoms with E-state index in [1.165, 1.54) is 0 Å². The van der Waals surface area contributed by atoms with E-state index >= 15 is 0 Å². The Balaban J connectivity index is 2.11. The molecular weight excluding hydrogens is 538 g/mol. The van der Waals surface area contributed by atoms with Gasteiger partial charge in [0.1, 0.15) is 24.3 Å². The van der Waals surface area contributed by atoms with Gasteiger partial charge in [0.25, 0.3) is 5.91 Å². The summed E-state index contributed by atoms with van der Waals surface area (Å²) < 4.78 is 10.8. The molecule has 2 unspecified atom stereocenters. The summed E-state index contributed by atoms with van der Waals surface area (Å²) in [4.78, 5) is 51.8. The van der Waals surface area contributed by atoms with Gasteiger partial charge in [-0.3, -0.25) is 9.59 Å². The third kappa shape index (κ3) is 12.3. The van der Waals surface area contributed by atoms with Gasteiger partial charge in [0.05, 0.1) is 6.04 Å². The van der Waals surface area contributed by atoms with E-state index in [-0.39, 0.29) is 25.4 Å². The number of esters is 1. The van der Waals surface area contributed by atoms with Crippen molar-refractivity contribution in [3.8, 4) is 0 Å². The Morgan fingerprint density at radius 2 is 1.38 bits per heavy atom. The third-order valence-corrected chi connectivity index (χ3v) is 6.24. The number of benzene rings is 2. The summed E-state index contributed by atoms with van der Waals surface area (Å²) in [7, 11) is 0. The highest BCUT2D eigenvalue weighted by Gasteiger charge is 2.34. The van der Waals surface area contributed by atoms with Crippen molar-refractivity contribution >= 4 is 23.9 Å². The van der Waals surface area contributed by atoms with Gasteiger partial charge in [0.15, 0.2) is 6.10 Å². The van der Waals surface area contributed by atoms with Crippen LogP contribution < -0.4 is 16.0 Å². The van der Waals surface area contributed by atoms with Crippen LogP contribution in [0.4, 0.5) is 4.79 Å². The average molecular weight is 584 g/mol. The van der Waals surface area contributed by atoms with Crippen LogP contribution in [-0.4, -0.2) is 58.8 Å². The molecule has 0 saturated heterocycles. The van der Waals surface area contributed by atoms with E-state index in [2.05, 4.69) is 16.0 Å². The van der Waals surface area contributed by atoms with Gasteiger partial charge in [0, 0.05) is 6.42 Å². The number of amides is 3. The second-order valence-corrected chi connectivity index (χ2v) is 11.6. The molecule has 2 rings (SSSR count). The fraction of sp³-hybridized carbons (Fsp3) is 0.500. The first kappa shape index (κ1) is 34.3. The lowest BCUT2D eigenvalue weighted by atomic mass is 10.0. The van der Waals surface area contributed by atoms with Crippen molar-refractivity contribution in [1.29, 1.82) is 0 Å². The number of carbonyl (C=O) groups excluding carboxylic acids is 4. The van der Waals surface area contributed by atoms with Crippen LogP contribution >= 0.6 is 0 Å². The molecule has 0 bridgehead atoms. The molecule has 0 aliphatic heterocycles. The first-order chi connectivity index (χ1) is 19.8. The predicted octanol–water partition coefficient (Wildman–Crippen LogP) is 3.65. The van der Waals surface area contributed by atoms with Crippen molar-refractivity contribution in [3.05, 3.63) is 71.8 Å². The van der Waals surface area contributed by atoms with E-state index in [0.717, 1.165) is 11.1 Å². The van der Waals surface area contributed by atoms with Crippen molar-refractivity contribution < 1.29 is 33.8 Å². The Morgan fingerprint density at radius 3 is 1.90 bits per heavy atom. The lowest BCUT2D eigenvalue weighted by Gasteiger charge is -2.28. The van der Waals surface area contributed by atoms with Gasteiger partial charge >= 0.3 is 12.1 Å². The number of rotatable bonds is 14. The van der Waals surface area contributed by atoms with E-state index in [9.17, 15) is 24.3 Å². The second kappa shape index (κ2) is 16.5. The zero-order valence-corrected chi connectivity index (χ0v) is 25.4. The van der Waals surface area contributed by atoms with Crippen molar-refractivity contribution in [2.24, 2.45) is 5.92 Å². The topological polar surface area (TPSA) is 143 Å². The monoisotopic (exact) mass is 583 g/mol. The highest BCUT2D eigenvalue weighted by molar-refractivity contribution is 5.89. The first-order valence-corrected chi connectivity index (χ1v) is 14.3. The molecule has 4 atom stereocenters. The molecule has 3 amide bonds. The molecule has 42 heavy (non-hydrogen) atoms. The van der Waals surface area contributed by atoms with Gasteiger partial charge in [-0.25, -0.2) is 9.59 Å². The normalized spacial score (nSPS) is 14.2. The Hall–Kier alpha value is -3.92. The molecule has 0 aromatic heterocycles.